The van der Waals surface area contributed by atoms with E-state index >= 15 is 0 Å². The summed E-state index contributed by atoms with van der Waals surface area (Å²) in [5.74, 6) is 0.173. The van der Waals surface area contributed by atoms with Crippen molar-refractivity contribution in [1.29, 1.82) is 5.26 Å². The molecule has 1 amide bonds. The van der Waals surface area contributed by atoms with Crippen LogP contribution in [-0.4, -0.2) is 61.5 Å². The van der Waals surface area contributed by atoms with Gasteiger partial charge in [-0.3, -0.25) is 9.69 Å². The van der Waals surface area contributed by atoms with E-state index in [0.717, 1.165) is 45.3 Å². The Hall–Kier alpha value is -1.12. The standard InChI is InChI=1S/C15H26N4O/c1-15(11-16)6-3-9-19(12-15)14(20)10-18(2)13-4-7-17-8-5-13/h13,17H,3-10,12H2,1-2H3/t15-/m0/s1. The van der Waals surface area contributed by atoms with Crippen LogP contribution >= 0.6 is 0 Å². The quantitative estimate of drug-likeness (QED) is 0.830. The second-order valence-corrected chi connectivity index (χ2v) is 6.49. The number of likely N-dealkylation sites (N-methyl/N-ethyl adjacent to an activating group) is 1. The normalized spacial score (nSPS) is 28.4. The molecule has 1 N–H and O–H groups in total. The number of carbonyl (C=O) groups excluding carboxylic acids is 1. The van der Waals surface area contributed by atoms with Gasteiger partial charge in [-0.1, -0.05) is 0 Å². The summed E-state index contributed by atoms with van der Waals surface area (Å²) in [5.41, 5.74) is -0.360. The topological polar surface area (TPSA) is 59.4 Å². The van der Waals surface area contributed by atoms with Crippen molar-refractivity contribution in [3.8, 4) is 6.07 Å². The predicted octanol–water partition coefficient (Wildman–Crippen LogP) is 0.822. The molecule has 0 spiro atoms. The molecular formula is C15H26N4O. The minimum atomic E-state index is -0.360. The lowest BCUT2D eigenvalue weighted by Crippen LogP contribution is -2.50. The van der Waals surface area contributed by atoms with E-state index in [1.165, 1.54) is 0 Å². The van der Waals surface area contributed by atoms with Crippen molar-refractivity contribution in [1.82, 2.24) is 15.1 Å². The largest absolute Gasteiger partial charge is 0.340 e. The maximum atomic E-state index is 12.4. The number of hydrogen-bond acceptors (Lipinski definition) is 4. The third-order valence-corrected chi connectivity index (χ3v) is 4.64. The van der Waals surface area contributed by atoms with Crippen LogP contribution in [0.25, 0.3) is 0 Å². The first-order valence-electron chi connectivity index (χ1n) is 7.64. The van der Waals surface area contributed by atoms with Crippen LogP contribution in [0.3, 0.4) is 0 Å². The van der Waals surface area contributed by atoms with Crippen molar-refractivity contribution in [2.45, 2.75) is 38.6 Å². The number of amides is 1. The van der Waals surface area contributed by atoms with Gasteiger partial charge in [-0.15, -0.1) is 0 Å². The average Bonchev–Trinajstić information content (AvgIpc) is 2.48. The van der Waals surface area contributed by atoms with Crippen LogP contribution < -0.4 is 5.32 Å². The van der Waals surface area contributed by atoms with Gasteiger partial charge in [0.05, 0.1) is 18.0 Å². The van der Waals surface area contributed by atoms with Crippen LogP contribution in [0.1, 0.15) is 32.6 Å². The van der Waals surface area contributed by atoms with Crippen molar-refractivity contribution in [2.24, 2.45) is 5.41 Å². The highest BCUT2D eigenvalue weighted by atomic mass is 16.2. The second kappa shape index (κ2) is 6.55. The monoisotopic (exact) mass is 278 g/mol. The molecule has 2 heterocycles. The lowest BCUT2D eigenvalue weighted by atomic mass is 9.83. The Morgan fingerprint density at radius 2 is 2.20 bits per heavy atom. The fourth-order valence-corrected chi connectivity index (χ4v) is 3.23. The SMILES string of the molecule is CN(CC(=O)N1CCC[C@@](C)(C#N)C1)C1CCNCC1. The van der Waals surface area contributed by atoms with Crippen LogP contribution in [-0.2, 0) is 4.79 Å². The summed E-state index contributed by atoms with van der Waals surface area (Å²) >= 11 is 0. The van der Waals surface area contributed by atoms with Gasteiger partial charge in [0.15, 0.2) is 0 Å². The molecule has 1 atom stereocenters. The molecule has 0 bridgehead atoms. The minimum Gasteiger partial charge on any atom is -0.340 e. The molecule has 0 aromatic rings. The molecule has 0 unspecified atom stereocenters. The van der Waals surface area contributed by atoms with Crippen LogP contribution in [0.4, 0.5) is 0 Å². The Morgan fingerprint density at radius 1 is 1.50 bits per heavy atom. The van der Waals surface area contributed by atoms with Crippen molar-refractivity contribution < 1.29 is 4.79 Å². The van der Waals surface area contributed by atoms with E-state index in [4.69, 9.17) is 0 Å². The molecule has 2 aliphatic heterocycles. The van der Waals surface area contributed by atoms with Crippen molar-refractivity contribution >= 4 is 5.91 Å². The van der Waals surface area contributed by atoms with Crippen LogP contribution in [0.2, 0.25) is 0 Å². The Kier molecular flexibility index (Phi) is 5.00. The fraction of sp³-hybridized carbons (Fsp3) is 0.867. The van der Waals surface area contributed by atoms with E-state index < -0.39 is 0 Å². The first-order chi connectivity index (χ1) is 9.54. The third kappa shape index (κ3) is 3.71. The molecule has 0 radical (unpaired) electrons. The lowest BCUT2D eigenvalue weighted by Gasteiger charge is -2.38. The number of carbonyl (C=O) groups is 1. The fourth-order valence-electron chi connectivity index (χ4n) is 3.23. The number of likely N-dealkylation sites (tertiary alicyclic amines) is 1. The summed E-state index contributed by atoms with van der Waals surface area (Å²) in [7, 11) is 2.04. The van der Waals surface area contributed by atoms with Gasteiger partial charge in [0.1, 0.15) is 0 Å². The van der Waals surface area contributed by atoms with E-state index in [0.29, 0.717) is 19.1 Å². The van der Waals surface area contributed by atoms with Crippen molar-refractivity contribution in [3.05, 3.63) is 0 Å². The molecule has 5 nitrogen and oxygen atoms in total. The zero-order chi connectivity index (χ0) is 14.6. The van der Waals surface area contributed by atoms with Crippen LogP contribution in [0.15, 0.2) is 0 Å². The summed E-state index contributed by atoms with van der Waals surface area (Å²) < 4.78 is 0. The molecule has 0 aromatic heterocycles. The van der Waals surface area contributed by atoms with Crippen molar-refractivity contribution in [3.63, 3.8) is 0 Å². The van der Waals surface area contributed by atoms with Gasteiger partial charge < -0.3 is 10.2 Å². The van der Waals surface area contributed by atoms with E-state index in [9.17, 15) is 10.1 Å². The molecular weight excluding hydrogens is 252 g/mol. The maximum Gasteiger partial charge on any atom is 0.236 e. The van der Waals surface area contributed by atoms with Crippen LogP contribution in [0.5, 0.6) is 0 Å². The molecule has 2 aliphatic rings. The zero-order valence-electron chi connectivity index (χ0n) is 12.7. The van der Waals surface area contributed by atoms with Gasteiger partial charge in [0, 0.05) is 19.1 Å². The van der Waals surface area contributed by atoms with Crippen LogP contribution in [0, 0.1) is 16.7 Å². The number of nitrogens with zero attached hydrogens (tertiary/aromatic N) is 3. The van der Waals surface area contributed by atoms with Crippen molar-refractivity contribution in [2.75, 3.05) is 39.8 Å². The summed E-state index contributed by atoms with van der Waals surface area (Å²) in [4.78, 5) is 16.5. The third-order valence-electron chi connectivity index (χ3n) is 4.64. The number of hydrogen-bond donors (Lipinski definition) is 1. The number of nitrogens with one attached hydrogen (secondary N) is 1. The average molecular weight is 278 g/mol. The Labute approximate surface area is 121 Å². The Morgan fingerprint density at radius 3 is 2.85 bits per heavy atom. The molecule has 2 rings (SSSR count). The molecule has 112 valence electrons. The Balaban J connectivity index is 1.86. The number of nitriles is 1. The molecule has 2 saturated heterocycles. The van der Waals surface area contributed by atoms with Gasteiger partial charge in [0.25, 0.3) is 0 Å². The van der Waals surface area contributed by atoms with E-state index in [1.54, 1.807) is 0 Å². The maximum absolute atomic E-state index is 12.4. The van der Waals surface area contributed by atoms with Gasteiger partial charge >= 0.3 is 0 Å². The minimum absolute atomic E-state index is 0.173. The number of rotatable bonds is 3. The van der Waals surface area contributed by atoms with Gasteiger partial charge in [-0.2, -0.15) is 5.26 Å². The predicted molar refractivity (Wildman–Crippen MR) is 78.1 cm³/mol. The summed E-state index contributed by atoms with van der Waals surface area (Å²) in [6.07, 6.45) is 4.06. The molecule has 0 aliphatic carbocycles. The van der Waals surface area contributed by atoms with Gasteiger partial charge in [0.2, 0.25) is 5.91 Å². The smallest absolute Gasteiger partial charge is 0.236 e. The van der Waals surface area contributed by atoms with Gasteiger partial charge in [-0.05, 0) is 52.7 Å². The molecule has 0 saturated carbocycles. The molecule has 0 aromatic carbocycles. The molecule has 2 fully saturated rings. The highest BCUT2D eigenvalue weighted by Gasteiger charge is 2.33. The summed E-state index contributed by atoms with van der Waals surface area (Å²) in [6.45, 7) is 5.91. The van der Waals surface area contributed by atoms with Gasteiger partial charge in [-0.25, -0.2) is 0 Å². The highest BCUT2D eigenvalue weighted by molar-refractivity contribution is 5.78. The highest BCUT2D eigenvalue weighted by Crippen LogP contribution is 2.28. The zero-order valence-corrected chi connectivity index (χ0v) is 12.7. The molecule has 20 heavy (non-hydrogen) atoms. The first kappa shape index (κ1) is 15.3. The summed E-state index contributed by atoms with van der Waals surface area (Å²) in [6, 6.07) is 2.87. The Bertz CT molecular complexity index is 386. The number of piperidine rings is 2. The van der Waals surface area contributed by atoms with E-state index in [1.807, 2.05) is 18.9 Å². The first-order valence-corrected chi connectivity index (χ1v) is 7.64. The van der Waals surface area contributed by atoms with E-state index in [2.05, 4.69) is 16.3 Å². The molecule has 5 heteroatoms. The lowest BCUT2D eigenvalue weighted by molar-refractivity contribution is -0.135. The second-order valence-electron chi connectivity index (χ2n) is 6.49. The summed E-state index contributed by atoms with van der Waals surface area (Å²) in [5, 5.41) is 12.6. The van der Waals surface area contributed by atoms with E-state index in [-0.39, 0.29) is 11.3 Å².